The number of carbonyl (C=O) groups excluding carboxylic acids is 1. The molecule has 0 fully saturated rings. The highest BCUT2D eigenvalue weighted by atomic mass is 32.2. The summed E-state index contributed by atoms with van der Waals surface area (Å²) in [6.45, 7) is 1.96. The van der Waals surface area contributed by atoms with Gasteiger partial charge in [0.1, 0.15) is 5.01 Å². The van der Waals surface area contributed by atoms with Crippen molar-refractivity contribution < 1.29 is 26.5 Å². The van der Waals surface area contributed by atoms with Gasteiger partial charge in [-0.05, 0) is 36.6 Å². The lowest BCUT2D eigenvalue weighted by molar-refractivity contribution is -0.121. The first-order valence-electron chi connectivity index (χ1n) is 9.65. The fourth-order valence-corrected chi connectivity index (χ4v) is 4.43. The lowest BCUT2D eigenvalue weighted by atomic mass is 10.0. The molecular weight excluding hydrogens is 460 g/mol. The third-order valence-electron chi connectivity index (χ3n) is 4.59. The molecule has 3 rings (SSSR count). The molecule has 32 heavy (non-hydrogen) atoms. The summed E-state index contributed by atoms with van der Waals surface area (Å²) in [5.74, 6) is -2.56. The number of aryl methyl sites for hydroxylation is 1. The maximum Gasteiger partial charge on any atom is 0.357 e. The summed E-state index contributed by atoms with van der Waals surface area (Å²) in [7, 11) is -4.38. The van der Waals surface area contributed by atoms with Gasteiger partial charge in [-0.1, -0.05) is 31.2 Å². The normalized spacial score (nSPS) is 12.4. The molecule has 1 aromatic heterocycles. The van der Waals surface area contributed by atoms with Crippen LogP contribution in [0.5, 0.6) is 0 Å². The monoisotopic (exact) mass is 481 g/mol. The number of nitrogens with zero attached hydrogens (tertiary/aromatic N) is 1. The van der Waals surface area contributed by atoms with Crippen molar-refractivity contribution in [3.05, 3.63) is 81.3 Å². The molecule has 0 saturated carbocycles. The largest absolute Gasteiger partial charge is 0.357 e. The number of hydrogen-bond donors (Lipinski definition) is 3. The first-order valence-corrected chi connectivity index (χ1v) is 12.0. The lowest BCUT2D eigenvalue weighted by Gasteiger charge is -2.17. The molecule has 0 bridgehead atoms. The molecule has 1 amide bonds. The maximum atomic E-state index is 13.9. The summed E-state index contributed by atoms with van der Waals surface area (Å²) < 4.78 is 60.1. The molecule has 0 aliphatic heterocycles. The zero-order valence-corrected chi connectivity index (χ0v) is 18.6. The van der Waals surface area contributed by atoms with Gasteiger partial charge in [0.2, 0.25) is 5.91 Å². The van der Waals surface area contributed by atoms with Crippen molar-refractivity contribution >= 4 is 33.2 Å². The summed E-state index contributed by atoms with van der Waals surface area (Å²) in [6, 6.07) is 9.40. The fraction of sp³-hybridized carbons (Fsp3) is 0.238. The van der Waals surface area contributed by atoms with E-state index in [0.29, 0.717) is 11.4 Å². The van der Waals surface area contributed by atoms with Gasteiger partial charge < -0.3 is 5.32 Å². The van der Waals surface area contributed by atoms with Crippen LogP contribution in [0.25, 0.3) is 0 Å². The second-order valence-electron chi connectivity index (χ2n) is 7.02. The van der Waals surface area contributed by atoms with Gasteiger partial charge in [0.25, 0.3) is 0 Å². The van der Waals surface area contributed by atoms with Gasteiger partial charge in [-0.15, -0.1) is 11.3 Å². The van der Waals surface area contributed by atoms with Crippen LogP contribution >= 0.6 is 11.3 Å². The molecule has 1 atom stereocenters. The zero-order valence-electron chi connectivity index (χ0n) is 17.0. The van der Waals surface area contributed by atoms with Gasteiger partial charge in [0, 0.05) is 10.9 Å². The van der Waals surface area contributed by atoms with E-state index < -0.39 is 33.9 Å². The number of benzene rings is 2. The van der Waals surface area contributed by atoms with Crippen molar-refractivity contribution in [1.29, 1.82) is 0 Å². The number of amides is 1. The number of nitrogens with one attached hydrogen (secondary N) is 2. The van der Waals surface area contributed by atoms with Gasteiger partial charge in [-0.25, -0.2) is 13.8 Å². The molecule has 1 heterocycles. The zero-order chi connectivity index (χ0) is 23.3. The number of anilines is 1. The second-order valence-corrected chi connectivity index (χ2v) is 9.06. The van der Waals surface area contributed by atoms with E-state index in [1.165, 1.54) is 35.6 Å². The van der Waals surface area contributed by atoms with E-state index >= 15 is 0 Å². The minimum Gasteiger partial charge on any atom is -0.346 e. The molecule has 1 unspecified atom stereocenters. The lowest BCUT2D eigenvalue weighted by Crippen LogP contribution is -2.31. The van der Waals surface area contributed by atoms with E-state index in [0.717, 1.165) is 23.7 Å². The Bertz CT molecular complexity index is 1200. The number of carbonyl (C=O) groups is 1. The maximum absolute atomic E-state index is 13.9. The summed E-state index contributed by atoms with van der Waals surface area (Å²) in [5, 5.41) is 5.39. The van der Waals surface area contributed by atoms with Crippen molar-refractivity contribution in [2.75, 3.05) is 4.72 Å². The Morgan fingerprint density at radius 1 is 1.19 bits per heavy atom. The smallest absolute Gasteiger partial charge is 0.346 e. The van der Waals surface area contributed by atoms with E-state index in [4.69, 9.17) is 4.55 Å². The van der Waals surface area contributed by atoms with Gasteiger partial charge in [-0.3, -0.25) is 14.1 Å². The summed E-state index contributed by atoms with van der Waals surface area (Å²) >= 11 is 1.38. The van der Waals surface area contributed by atoms with Crippen molar-refractivity contribution in [2.45, 2.75) is 32.2 Å². The number of aromatic nitrogens is 1. The van der Waals surface area contributed by atoms with Crippen molar-refractivity contribution in [1.82, 2.24) is 10.3 Å². The van der Waals surface area contributed by atoms with E-state index in [-0.39, 0.29) is 17.7 Å². The van der Waals surface area contributed by atoms with Crippen LogP contribution in [0.4, 0.5) is 14.5 Å². The van der Waals surface area contributed by atoms with Crippen molar-refractivity contribution in [3.63, 3.8) is 0 Å². The van der Waals surface area contributed by atoms with E-state index in [9.17, 15) is 22.0 Å². The average Bonchev–Trinajstić information content (AvgIpc) is 3.20. The number of hydrogen-bond acceptors (Lipinski definition) is 5. The van der Waals surface area contributed by atoms with Crippen LogP contribution in [0.3, 0.4) is 0 Å². The van der Waals surface area contributed by atoms with Crippen LogP contribution in [0.2, 0.25) is 0 Å². The van der Waals surface area contributed by atoms with Gasteiger partial charge >= 0.3 is 10.3 Å². The predicted molar refractivity (Wildman–Crippen MR) is 118 cm³/mol. The Balaban J connectivity index is 1.78. The first kappa shape index (κ1) is 23.8. The van der Waals surface area contributed by atoms with Crippen molar-refractivity contribution in [2.24, 2.45) is 0 Å². The third kappa shape index (κ3) is 6.55. The minimum atomic E-state index is -4.38. The molecule has 7 nitrogen and oxygen atoms in total. The van der Waals surface area contributed by atoms with Crippen LogP contribution in [-0.4, -0.2) is 23.9 Å². The van der Waals surface area contributed by atoms with Gasteiger partial charge in [-0.2, -0.15) is 8.42 Å². The minimum absolute atomic E-state index is 0.0460. The quantitative estimate of drug-likeness (QED) is 0.403. The molecule has 0 aliphatic carbocycles. The summed E-state index contributed by atoms with van der Waals surface area (Å²) in [4.78, 5) is 17.1. The molecule has 0 spiro atoms. The Hall–Kier alpha value is -2.89. The molecule has 170 valence electrons. The highest BCUT2D eigenvalue weighted by Crippen LogP contribution is 2.24. The van der Waals surface area contributed by atoms with Crippen LogP contribution in [0.15, 0.2) is 47.8 Å². The van der Waals surface area contributed by atoms with Gasteiger partial charge in [0.05, 0.1) is 23.8 Å². The molecule has 2 aromatic carbocycles. The van der Waals surface area contributed by atoms with Crippen LogP contribution in [-0.2, 0) is 34.4 Å². The standard InChI is InChI=1S/C21H21F2N3O4S2/c1-2-15-12-31-21(24-15)18(10-13-6-8-16(9-7-13)26-32(28,29)30)25-19(27)11-14-4-3-5-17(22)20(14)23/h3-9,12,18,26H,2,10-11H2,1H3,(H,25,27)(H,28,29,30). The highest BCUT2D eigenvalue weighted by molar-refractivity contribution is 7.87. The molecule has 0 saturated heterocycles. The molecular formula is C21H21F2N3O4S2. The topological polar surface area (TPSA) is 108 Å². The van der Waals surface area contributed by atoms with Crippen molar-refractivity contribution in [3.8, 4) is 0 Å². The first-order chi connectivity index (χ1) is 15.1. The van der Waals surface area contributed by atoms with E-state index in [1.807, 2.05) is 17.0 Å². The third-order valence-corrected chi connectivity index (χ3v) is 6.09. The molecule has 0 aliphatic rings. The van der Waals surface area contributed by atoms with E-state index in [2.05, 4.69) is 10.3 Å². The number of halogens is 2. The van der Waals surface area contributed by atoms with E-state index in [1.54, 1.807) is 12.1 Å². The SMILES string of the molecule is CCc1csc(C(Cc2ccc(NS(=O)(=O)O)cc2)NC(=O)Cc2cccc(F)c2F)n1. The Kier molecular flexibility index (Phi) is 7.54. The van der Waals surface area contributed by atoms with Crippen LogP contribution in [0.1, 0.15) is 34.8 Å². The summed E-state index contributed by atoms with van der Waals surface area (Å²) in [6.07, 6.45) is 0.727. The molecule has 3 N–H and O–H groups in total. The highest BCUT2D eigenvalue weighted by Gasteiger charge is 2.20. The van der Waals surface area contributed by atoms with Crippen LogP contribution < -0.4 is 10.0 Å². The average molecular weight is 482 g/mol. The fourth-order valence-electron chi connectivity index (χ4n) is 3.04. The number of thiazole rings is 1. The van der Waals surface area contributed by atoms with Crippen LogP contribution in [0, 0.1) is 11.6 Å². The van der Waals surface area contributed by atoms with Gasteiger partial charge in [0.15, 0.2) is 11.6 Å². The predicted octanol–water partition coefficient (Wildman–Crippen LogP) is 3.84. The second kappa shape index (κ2) is 10.2. The molecule has 11 heteroatoms. The Labute approximate surface area is 188 Å². The Morgan fingerprint density at radius 3 is 2.53 bits per heavy atom. The summed E-state index contributed by atoms with van der Waals surface area (Å²) in [5.41, 5.74) is 1.77. The number of rotatable bonds is 9. The molecule has 0 radical (unpaired) electrons. The Morgan fingerprint density at radius 2 is 1.91 bits per heavy atom. The molecule has 3 aromatic rings.